The van der Waals surface area contributed by atoms with Gasteiger partial charge in [-0.15, -0.1) is 0 Å². The van der Waals surface area contributed by atoms with Crippen LogP contribution in [0.1, 0.15) is 18.5 Å². The molecule has 0 fully saturated rings. The van der Waals surface area contributed by atoms with E-state index in [-0.39, 0.29) is 12.8 Å². The fourth-order valence-corrected chi connectivity index (χ4v) is 2.36. The second-order valence-electron chi connectivity index (χ2n) is 4.55. The van der Waals surface area contributed by atoms with E-state index in [0.717, 1.165) is 0 Å². The van der Waals surface area contributed by atoms with E-state index in [1.807, 2.05) is 0 Å². The number of carbonyl (C=O) groups excluding carboxylic acids is 2. The molecule has 1 atom stereocenters. The van der Waals surface area contributed by atoms with Gasteiger partial charge in [-0.3, -0.25) is 4.79 Å². The minimum Gasteiger partial charge on any atom is -0.454 e. The van der Waals surface area contributed by atoms with Gasteiger partial charge in [-0.05, 0) is 24.6 Å². The monoisotopic (exact) mass is 275 g/mol. The maximum Gasteiger partial charge on any atom is 0.319 e. The SMILES string of the molecule is CC1=C(C(N)=O)C(c2ccc3c(c2)OCO3)NC(=O)N1. The summed E-state index contributed by atoms with van der Waals surface area (Å²) in [7, 11) is 0. The molecular weight excluding hydrogens is 262 g/mol. The molecule has 0 aliphatic carbocycles. The second kappa shape index (κ2) is 4.44. The summed E-state index contributed by atoms with van der Waals surface area (Å²) in [5, 5.41) is 5.22. The van der Waals surface area contributed by atoms with Crippen LogP contribution in [-0.4, -0.2) is 18.7 Å². The molecule has 104 valence electrons. The number of primary amides is 1. The van der Waals surface area contributed by atoms with Gasteiger partial charge >= 0.3 is 6.03 Å². The number of allylic oxidation sites excluding steroid dienone is 1. The van der Waals surface area contributed by atoms with Crippen molar-refractivity contribution in [3.8, 4) is 11.5 Å². The number of rotatable bonds is 2. The van der Waals surface area contributed by atoms with Crippen LogP contribution in [0.15, 0.2) is 29.5 Å². The lowest BCUT2D eigenvalue weighted by Gasteiger charge is -2.27. The van der Waals surface area contributed by atoms with Crippen LogP contribution in [-0.2, 0) is 4.79 Å². The first-order valence-electron chi connectivity index (χ1n) is 6.04. The molecule has 2 aliphatic heterocycles. The first kappa shape index (κ1) is 12.3. The third-order valence-corrected chi connectivity index (χ3v) is 3.26. The number of ether oxygens (including phenoxy) is 2. The van der Waals surface area contributed by atoms with Crippen LogP contribution < -0.4 is 25.8 Å². The standard InChI is InChI=1S/C13H13N3O4/c1-6-10(12(14)17)11(16-13(18)15-6)7-2-3-8-9(4-7)20-5-19-8/h2-4,11H,5H2,1H3,(H2,14,17)(H2,15,16,18). The van der Waals surface area contributed by atoms with Crippen molar-refractivity contribution in [1.29, 1.82) is 0 Å². The Morgan fingerprint density at radius 1 is 1.35 bits per heavy atom. The third-order valence-electron chi connectivity index (χ3n) is 3.26. The molecule has 0 aromatic heterocycles. The summed E-state index contributed by atoms with van der Waals surface area (Å²) in [5.41, 5.74) is 6.88. The first-order valence-corrected chi connectivity index (χ1v) is 6.04. The van der Waals surface area contributed by atoms with Crippen molar-refractivity contribution in [2.24, 2.45) is 5.73 Å². The molecule has 3 amide bonds. The molecule has 2 aliphatic rings. The van der Waals surface area contributed by atoms with Crippen LogP contribution in [0.5, 0.6) is 11.5 Å². The number of urea groups is 1. The first-order chi connectivity index (χ1) is 9.56. The number of nitrogens with one attached hydrogen (secondary N) is 2. The van der Waals surface area contributed by atoms with Crippen molar-refractivity contribution < 1.29 is 19.1 Å². The predicted octanol–water partition coefficient (Wildman–Crippen LogP) is 0.529. The molecule has 0 saturated carbocycles. The zero-order chi connectivity index (χ0) is 14.3. The van der Waals surface area contributed by atoms with Crippen LogP contribution in [0.2, 0.25) is 0 Å². The fraction of sp³-hybridized carbons (Fsp3) is 0.231. The van der Waals surface area contributed by atoms with Crippen molar-refractivity contribution in [2.75, 3.05) is 6.79 Å². The van der Waals surface area contributed by atoms with E-state index in [0.29, 0.717) is 28.3 Å². The van der Waals surface area contributed by atoms with Gasteiger partial charge in [-0.2, -0.15) is 0 Å². The van der Waals surface area contributed by atoms with E-state index in [1.54, 1.807) is 25.1 Å². The van der Waals surface area contributed by atoms with Crippen molar-refractivity contribution in [2.45, 2.75) is 13.0 Å². The summed E-state index contributed by atoms with van der Waals surface area (Å²) in [6, 6.07) is 4.25. The van der Waals surface area contributed by atoms with E-state index in [9.17, 15) is 9.59 Å². The van der Waals surface area contributed by atoms with E-state index in [2.05, 4.69) is 10.6 Å². The fourth-order valence-electron chi connectivity index (χ4n) is 2.36. The average Bonchev–Trinajstić information content (AvgIpc) is 2.84. The van der Waals surface area contributed by atoms with Crippen LogP contribution in [0.25, 0.3) is 0 Å². The number of carbonyl (C=O) groups is 2. The number of nitrogens with two attached hydrogens (primary N) is 1. The van der Waals surface area contributed by atoms with Crippen molar-refractivity contribution >= 4 is 11.9 Å². The van der Waals surface area contributed by atoms with Gasteiger partial charge in [0.15, 0.2) is 11.5 Å². The Bertz CT molecular complexity index is 639. The maximum absolute atomic E-state index is 11.6. The molecule has 0 spiro atoms. The van der Waals surface area contributed by atoms with E-state index in [1.165, 1.54) is 0 Å². The molecule has 2 heterocycles. The molecule has 0 bridgehead atoms. The normalized spacial score (nSPS) is 20.4. The zero-order valence-electron chi connectivity index (χ0n) is 10.7. The highest BCUT2D eigenvalue weighted by atomic mass is 16.7. The molecule has 7 heteroatoms. The molecule has 0 radical (unpaired) electrons. The van der Waals surface area contributed by atoms with Gasteiger partial charge in [0.25, 0.3) is 0 Å². The molecular formula is C13H13N3O4. The largest absolute Gasteiger partial charge is 0.454 e. The maximum atomic E-state index is 11.6. The number of fused-ring (bicyclic) bond motifs is 1. The predicted molar refractivity (Wildman–Crippen MR) is 68.9 cm³/mol. The minimum atomic E-state index is -0.601. The molecule has 7 nitrogen and oxygen atoms in total. The molecule has 1 aromatic rings. The van der Waals surface area contributed by atoms with Gasteiger partial charge in [-0.1, -0.05) is 6.07 Å². The summed E-state index contributed by atoms with van der Waals surface area (Å²) in [6.07, 6.45) is 0. The smallest absolute Gasteiger partial charge is 0.319 e. The van der Waals surface area contributed by atoms with Gasteiger partial charge in [-0.25, -0.2) is 4.79 Å². The lowest BCUT2D eigenvalue weighted by Crippen LogP contribution is -2.46. The summed E-state index contributed by atoms with van der Waals surface area (Å²) < 4.78 is 10.5. The van der Waals surface area contributed by atoms with Gasteiger partial charge in [0.05, 0.1) is 11.6 Å². The summed E-state index contributed by atoms with van der Waals surface area (Å²) in [4.78, 5) is 23.2. The lowest BCUT2D eigenvalue weighted by molar-refractivity contribution is -0.115. The number of amides is 3. The van der Waals surface area contributed by atoms with Crippen LogP contribution in [0.3, 0.4) is 0 Å². The summed E-state index contributed by atoms with van der Waals surface area (Å²) in [5.74, 6) is 0.629. The van der Waals surface area contributed by atoms with Crippen molar-refractivity contribution in [3.05, 3.63) is 35.0 Å². The highest BCUT2D eigenvalue weighted by molar-refractivity contribution is 5.97. The molecule has 4 N–H and O–H groups in total. The van der Waals surface area contributed by atoms with Crippen LogP contribution in [0.4, 0.5) is 4.79 Å². The third kappa shape index (κ3) is 1.93. The minimum absolute atomic E-state index is 0.162. The number of benzene rings is 1. The number of hydrogen-bond donors (Lipinski definition) is 3. The Morgan fingerprint density at radius 3 is 2.85 bits per heavy atom. The van der Waals surface area contributed by atoms with Gasteiger partial charge < -0.3 is 25.8 Å². The Morgan fingerprint density at radius 2 is 2.10 bits per heavy atom. The van der Waals surface area contributed by atoms with Gasteiger partial charge in [0.2, 0.25) is 12.7 Å². The molecule has 1 unspecified atom stereocenters. The lowest BCUT2D eigenvalue weighted by atomic mass is 9.95. The van der Waals surface area contributed by atoms with Crippen LogP contribution >= 0.6 is 0 Å². The molecule has 3 rings (SSSR count). The molecule has 1 aromatic carbocycles. The van der Waals surface area contributed by atoms with Gasteiger partial charge in [0.1, 0.15) is 0 Å². The van der Waals surface area contributed by atoms with E-state index in [4.69, 9.17) is 15.2 Å². The Balaban J connectivity index is 2.05. The average molecular weight is 275 g/mol. The zero-order valence-corrected chi connectivity index (χ0v) is 10.7. The quantitative estimate of drug-likeness (QED) is 0.732. The Labute approximate surface area is 114 Å². The summed E-state index contributed by atoms with van der Waals surface area (Å²) >= 11 is 0. The Kier molecular flexibility index (Phi) is 2.74. The highest BCUT2D eigenvalue weighted by Crippen LogP contribution is 2.36. The topological polar surface area (TPSA) is 103 Å². The molecule has 20 heavy (non-hydrogen) atoms. The Hall–Kier alpha value is -2.70. The van der Waals surface area contributed by atoms with E-state index < -0.39 is 11.9 Å². The van der Waals surface area contributed by atoms with E-state index >= 15 is 0 Å². The second-order valence-corrected chi connectivity index (χ2v) is 4.55. The number of hydrogen-bond acceptors (Lipinski definition) is 4. The van der Waals surface area contributed by atoms with Crippen LogP contribution in [0, 0.1) is 0 Å². The molecule has 0 saturated heterocycles. The van der Waals surface area contributed by atoms with Crippen molar-refractivity contribution in [1.82, 2.24) is 10.6 Å². The van der Waals surface area contributed by atoms with Crippen molar-refractivity contribution in [3.63, 3.8) is 0 Å². The highest BCUT2D eigenvalue weighted by Gasteiger charge is 2.30. The van der Waals surface area contributed by atoms with Gasteiger partial charge in [0, 0.05) is 5.70 Å². The summed E-state index contributed by atoms with van der Waals surface area (Å²) in [6.45, 7) is 1.80.